The minimum absolute atomic E-state index is 0.325. The van der Waals surface area contributed by atoms with E-state index in [0.717, 1.165) is 5.56 Å². The van der Waals surface area contributed by atoms with Gasteiger partial charge in [0.25, 0.3) is 5.56 Å². The number of aryl methyl sites for hydroxylation is 1. The Morgan fingerprint density at radius 3 is 2.52 bits per heavy atom. The molecule has 1 aromatic carbocycles. The number of H-pyrrole nitrogens is 1. The van der Waals surface area contributed by atoms with E-state index in [1.54, 1.807) is 17.8 Å². The minimum atomic E-state index is -0.480. The molecule has 124 valence electrons. The molecule has 0 fully saturated rings. The van der Waals surface area contributed by atoms with Crippen molar-refractivity contribution in [2.45, 2.75) is 6.54 Å². The van der Waals surface area contributed by atoms with Crippen LogP contribution in [0.5, 0.6) is 0 Å². The largest absolute Gasteiger partial charge is 0.330 e. The molecule has 4 rings (SSSR count). The Kier molecular flexibility index (Phi) is 3.53. The third-order valence-corrected chi connectivity index (χ3v) is 4.09. The number of rotatable bonds is 3. The summed E-state index contributed by atoms with van der Waals surface area (Å²) in [4.78, 5) is 35.9. The Morgan fingerprint density at radius 1 is 1.04 bits per heavy atom. The zero-order valence-corrected chi connectivity index (χ0v) is 13.5. The number of benzene rings is 1. The first-order valence-corrected chi connectivity index (χ1v) is 7.80. The summed E-state index contributed by atoms with van der Waals surface area (Å²) >= 11 is 0. The zero-order chi connectivity index (χ0) is 17.4. The number of imidazole rings is 1. The van der Waals surface area contributed by atoms with Gasteiger partial charge in [0.05, 0.1) is 6.54 Å². The first kappa shape index (κ1) is 15.1. The van der Waals surface area contributed by atoms with Gasteiger partial charge in [0.1, 0.15) is 5.69 Å². The maximum absolute atomic E-state index is 12.4. The molecule has 7 heteroatoms. The van der Waals surface area contributed by atoms with Crippen LogP contribution in [-0.4, -0.2) is 24.1 Å². The van der Waals surface area contributed by atoms with Gasteiger partial charge in [-0.3, -0.25) is 19.3 Å². The van der Waals surface area contributed by atoms with E-state index < -0.39 is 11.2 Å². The van der Waals surface area contributed by atoms with Crippen molar-refractivity contribution in [1.29, 1.82) is 0 Å². The van der Waals surface area contributed by atoms with Gasteiger partial charge in [-0.2, -0.15) is 0 Å². The molecule has 0 atom stereocenters. The smallest absolute Gasteiger partial charge is 0.320 e. The van der Waals surface area contributed by atoms with Crippen molar-refractivity contribution >= 4 is 11.2 Å². The molecular weight excluding hydrogens is 318 g/mol. The van der Waals surface area contributed by atoms with Crippen molar-refractivity contribution in [3.05, 3.63) is 81.1 Å². The summed E-state index contributed by atoms with van der Waals surface area (Å²) in [6.45, 7) is 0.325. The maximum atomic E-state index is 12.4. The number of aromatic amines is 1. The second-order valence-corrected chi connectivity index (χ2v) is 5.71. The van der Waals surface area contributed by atoms with Crippen molar-refractivity contribution in [3.63, 3.8) is 0 Å². The van der Waals surface area contributed by atoms with Gasteiger partial charge in [-0.15, -0.1) is 0 Å². The van der Waals surface area contributed by atoms with Crippen LogP contribution in [0.1, 0.15) is 5.56 Å². The Morgan fingerprint density at radius 2 is 1.80 bits per heavy atom. The van der Waals surface area contributed by atoms with Crippen LogP contribution >= 0.6 is 0 Å². The summed E-state index contributed by atoms with van der Waals surface area (Å²) in [5.74, 6) is 0.536. The molecule has 0 aliphatic carbocycles. The van der Waals surface area contributed by atoms with E-state index in [1.165, 1.54) is 4.57 Å². The van der Waals surface area contributed by atoms with E-state index in [4.69, 9.17) is 0 Å². The molecule has 0 saturated carbocycles. The van der Waals surface area contributed by atoms with Crippen LogP contribution in [0.2, 0.25) is 0 Å². The topological polar surface area (TPSA) is 85.6 Å². The van der Waals surface area contributed by atoms with E-state index >= 15 is 0 Å². The standard InChI is InChI=1S/C18H15N5O2/c1-22-14-16(20-15(22)13-9-5-6-10-19-13)23(18(25)21-17(14)24)11-12-7-3-2-4-8-12/h2-10H,11H2,1H3,(H,21,24,25). The van der Waals surface area contributed by atoms with Gasteiger partial charge in [-0.25, -0.2) is 9.78 Å². The SMILES string of the molecule is Cn1c(-c2ccccn2)nc2c1c(=O)[nH]c(=O)n2Cc1ccccc1. The van der Waals surface area contributed by atoms with E-state index in [1.807, 2.05) is 48.5 Å². The third kappa shape index (κ3) is 2.55. The van der Waals surface area contributed by atoms with E-state index in [2.05, 4.69) is 15.0 Å². The van der Waals surface area contributed by atoms with Crippen molar-refractivity contribution in [1.82, 2.24) is 24.1 Å². The molecule has 3 aromatic heterocycles. The minimum Gasteiger partial charge on any atom is -0.320 e. The molecule has 4 aromatic rings. The molecule has 7 nitrogen and oxygen atoms in total. The fourth-order valence-corrected chi connectivity index (χ4v) is 2.88. The molecule has 0 spiro atoms. The summed E-state index contributed by atoms with van der Waals surface area (Å²) in [6, 6.07) is 15.0. The molecule has 3 heterocycles. The summed E-state index contributed by atoms with van der Waals surface area (Å²) in [6.07, 6.45) is 1.66. The summed E-state index contributed by atoms with van der Waals surface area (Å²) in [5.41, 5.74) is 1.34. The average molecular weight is 333 g/mol. The molecule has 0 aliphatic rings. The van der Waals surface area contributed by atoms with Gasteiger partial charge in [-0.1, -0.05) is 36.4 Å². The third-order valence-electron chi connectivity index (χ3n) is 4.09. The van der Waals surface area contributed by atoms with Crippen LogP contribution in [0.25, 0.3) is 22.7 Å². The maximum Gasteiger partial charge on any atom is 0.330 e. The van der Waals surface area contributed by atoms with Crippen LogP contribution < -0.4 is 11.2 Å². The second kappa shape index (κ2) is 5.86. The molecule has 1 N–H and O–H groups in total. The lowest BCUT2D eigenvalue weighted by Crippen LogP contribution is -2.31. The quantitative estimate of drug-likeness (QED) is 0.616. The summed E-state index contributed by atoms with van der Waals surface area (Å²) < 4.78 is 3.13. The highest BCUT2D eigenvalue weighted by atomic mass is 16.2. The summed E-state index contributed by atoms with van der Waals surface area (Å²) in [5, 5.41) is 0. The van der Waals surface area contributed by atoms with Crippen LogP contribution in [0.15, 0.2) is 64.3 Å². The van der Waals surface area contributed by atoms with Crippen LogP contribution in [0.3, 0.4) is 0 Å². The van der Waals surface area contributed by atoms with Gasteiger partial charge >= 0.3 is 5.69 Å². The number of hydrogen-bond donors (Lipinski definition) is 1. The highest BCUT2D eigenvalue weighted by molar-refractivity contribution is 5.75. The lowest BCUT2D eigenvalue weighted by Gasteiger charge is -2.06. The van der Waals surface area contributed by atoms with Gasteiger partial charge in [-0.05, 0) is 17.7 Å². The van der Waals surface area contributed by atoms with Gasteiger partial charge < -0.3 is 4.57 Å². The van der Waals surface area contributed by atoms with Crippen LogP contribution in [0.4, 0.5) is 0 Å². The molecule has 0 amide bonds. The molecule has 0 bridgehead atoms. The van der Waals surface area contributed by atoms with Crippen molar-refractivity contribution in [3.8, 4) is 11.5 Å². The molecule has 0 unspecified atom stereocenters. The monoisotopic (exact) mass is 333 g/mol. The van der Waals surface area contributed by atoms with E-state index in [0.29, 0.717) is 29.2 Å². The molecular formula is C18H15N5O2. The molecule has 0 aliphatic heterocycles. The number of aromatic nitrogens is 5. The van der Waals surface area contributed by atoms with Gasteiger partial charge in [0.15, 0.2) is 17.0 Å². The first-order valence-electron chi connectivity index (χ1n) is 7.80. The zero-order valence-electron chi connectivity index (χ0n) is 13.5. The lowest BCUT2D eigenvalue weighted by atomic mass is 10.2. The number of nitrogens with zero attached hydrogens (tertiary/aromatic N) is 4. The van der Waals surface area contributed by atoms with Crippen molar-refractivity contribution < 1.29 is 0 Å². The predicted octanol–water partition coefficient (Wildman–Crippen LogP) is 1.53. The number of pyridine rings is 1. The highest BCUT2D eigenvalue weighted by Crippen LogP contribution is 2.19. The van der Waals surface area contributed by atoms with Crippen LogP contribution in [0, 0.1) is 0 Å². The lowest BCUT2D eigenvalue weighted by molar-refractivity contribution is 0.747. The normalized spacial score (nSPS) is 11.1. The molecule has 25 heavy (non-hydrogen) atoms. The fourth-order valence-electron chi connectivity index (χ4n) is 2.88. The Hall–Kier alpha value is -3.48. The van der Waals surface area contributed by atoms with Crippen LogP contribution in [-0.2, 0) is 13.6 Å². The summed E-state index contributed by atoms with van der Waals surface area (Å²) in [7, 11) is 1.74. The number of hydrogen-bond acceptors (Lipinski definition) is 4. The highest BCUT2D eigenvalue weighted by Gasteiger charge is 2.18. The Balaban J connectivity index is 1.98. The van der Waals surface area contributed by atoms with Crippen molar-refractivity contribution in [2.24, 2.45) is 7.05 Å². The Labute approximate surface area is 142 Å². The second-order valence-electron chi connectivity index (χ2n) is 5.71. The fraction of sp³-hybridized carbons (Fsp3) is 0.111. The first-order chi connectivity index (χ1) is 12.1. The van der Waals surface area contributed by atoms with E-state index in [-0.39, 0.29) is 0 Å². The Bertz CT molecular complexity index is 1160. The van der Waals surface area contributed by atoms with Gasteiger partial charge in [0.2, 0.25) is 0 Å². The van der Waals surface area contributed by atoms with Gasteiger partial charge in [0, 0.05) is 13.2 Å². The van der Waals surface area contributed by atoms with E-state index in [9.17, 15) is 9.59 Å². The van der Waals surface area contributed by atoms with Crippen molar-refractivity contribution in [2.75, 3.05) is 0 Å². The molecule has 0 radical (unpaired) electrons. The average Bonchev–Trinajstić information content (AvgIpc) is 2.98. The number of nitrogens with one attached hydrogen (secondary N) is 1. The predicted molar refractivity (Wildman–Crippen MR) is 94.4 cm³/mol. The molecule has 0 saturated heterocycles. The number of fused-ring (bicyclic) bond motifs is 1.